The molecule has 0 radical (unpaired) electrons. The van der Waals surface area contributed by atoms with Crippen LogP contribution in [-0.4, -0.2) is 25.1 Å². The molecule has 96 valence electrons. The Hall–Kier alpha value is -1.78. The van der Waals surface area contributed by atoms with Crippen LogP contribution in [0.25, 0.3) is 0 Å². The van der Waals surface area contributed by atoms with Crippen molar-refractivity contribution in [1.82, 2.24) is 19.1 Å². The molecule has 3 rings (SSSR count). The van der Waals surface area contributed by atoms with Gasteiger partial charge in [0.15, 0.2) is 0 Å². The summed E-state index contributed by atoms with van der Waals surface area (Å²) in [7, 11) is 0. The highest BCUT2D eigenvalue weighted by Crippen LogP contribution is 2.21. The van der Waals surface area contributed by atoms with Crippen molar-refractivity contribution in [2.45, 2.75) is 44.8 Å². The molecule has 2 aromatic rings. The largest absolute Gasteiger partial charge is 0.353 e. The predicted octanol–water partition coefficient (Wildman–Crippen LogP) is 2.13. The Morgan fingerprint density at radius 3 is 2.83 bits per heavy atom. The average molecular weight is 245 g/mol. The van der Waals surface area contributed by atoms with E-state index in [0.717, 1.165) is 19.0 Å². The topological polar surface area (TPSA) is 47.7 Å². The number of rotatable bonds is 5. The summed E-state index contributed by atoms with van der Waals surface area (Å²) in [5, 5.41) is 3.55. The van der Waals surface area contributed by atoms with Crippen LogP contribution in [0.3, 0.4) is 0 Å². The van der Waals surface area contributed by atoms with Crippen LogP contribution in [0.5, 0.6) is 0 Å². The van der Waals surface area contributed by atoms with Gasteiger partial charge in [0.05, 0.1) is 6.33 Å². The molecule has 1 fully saturated rings. The molecule has 0 amide bonds. The van der Waals surface area contributed by atoms with Crippen molar-refractivity contribution in [1.29, 1.82) is 0 Å². The molecule has 0 aliphatic heterocycles. The lowest BCUT2D eigenvalue weighted by atomic mass is 10.2. The van der Waals surface area contributed by atoms with E-state index in [-0.39, 0.29) is 0 Å². The van der Waals surface area contributed by atoms with E-state index in [4.69, 9.17) is 0 Å². The van der Waals surface area contributed by atoms with E-state index in [1.165, 1.54) is 25.7 Å². The third-order valence-electron chi connectivity index (χ3n) is 3.56. The van der Waals surface area contributed by atoms with Gasteiger partial charge in [-0.05, 0) is 12.8 Å². The van der Waals surface area contributed by atoms with Crippen LogP contribution < -0.4 is 5.32 Å². The van der Waals surface area contributed by atoms with Crippen molar-refractivity contribution in [3.8, 4) is 0 Å². The highest BCUT2D eigenvalue weighted by atomic mass is 15.2. The molecule has 2 aromatic heterocycles. The maximum Gasteiger partial charge on any atom is 0.203 e. The molecule has 1 saturated carbocycles. The zero-order chi connectivity index (χ0) is 12.2. The summed E-state index contributed by atoms with van der Waals surface area (Å²) < 4.78 is 4.26. The zero-order valence-corrected chi connectivity index (χ0v) is 10.5. The Kier molecular flexibility index (Phi) is 3.30. The van der Waals surface area contributed by atoms with Gasteiger partial charge in [-0.1, -0.05) is 12.8 Å². The molecule has 0 saturated heterocycles. The molecule has 1 N–H and O–H groups in total. The van der Waals surface area contributed by atoms with Gasteiger partial charge in [-0.3, -0.25) is 0 Å². The second kappa shape index (κ2) is 5.25. The molecule has 0 bridgehead atoms. The van der Waals surface area contributed by atoms with Gasteiger partial charge < -0.3 is 14.5 Å². The van der Waals surface area contributed by atoms with E-state index in [1.54, 1.807) is 0 Å². The van der Waals surface area contributed by atoms with E-state index in [1.807, 2.05) is 31.1 Å². The Morgan fingerprint density at radius 1 is 1.17 bits per heavy atom. The minimum Gasteiger partial charge on any atom is -0.353 e. The van der Waals surface area contributed by atoms with Crippen molar-refractivity contribution in [2.24, 2.45) is 0 Å². The first-order valence-electron chi connectivity index (χ1n) is 6.65. The summed E-state index contributed by atoms with van der Waals surface area (Å²) in [4.78, 5) is 8.46. The van der Waals surface area contributed by atoms with E-state index in [0.29, 0.717) is 6.04 Å². The minimum atomic E-state index is 0.611. The highest BCUT2D eigenvalue weighted by Gasteiger charge is 2.16. The molecule has 1 aliphatic carbocycles. The second-order valence-electron chi connectivity index (χ2n) is 4.87. The summed E-state index contributed by atoms with van der Waals surface area (Å²) in [5.74, 6) is 1.00. The van der Waals surface area contributed by atoms with Crippen LogP contribution in [0, 0.1) is 0 Å². The van der Waals surface area contributed by atoms with Crippen LogP contribution in [0.15, 0.2) is 31.1 Å². The number of hydrogen-bond donors (Lipinski definition) is 1. The first kappa shape index (κ1) is 11.3. The number of anilines is 1. The molecule has 5 heteroatoms. The molecule has 0 spiro atoms. The number of nitrogens with one attached hydrogen (secondary N) is 1. The molecule has 0 unspecified atom stereocenters. The van der Waals surface area contributed by atoms with Crippen LogP contribution in [-0.2, 0) is 13.1 Å². The van der Waals surface area contributed by atoms with E-state index in [2.05, 4.69) is 24.4 Å². The Morgan fingerprint density at radius 2 is 2.06 bits per heavy atom. The fourth-order valence-electron chi connectivity index (χ4n) is 2.52. The van der Waals surface area contributed by atoms with Crippen molar-refractivity contribution >= 4 is 5.95 Å². The van der Waals surface area contributed by atoms with Crippen LogP contribution in [0.4, 0.5) is 5.95 Å². The Balaban J connectivity index is 1.60. The quantitative estimate of drug-likeness (QED) is 0.878. The monoisotopic (exact) mass is 245 g/mol. The van der Waals surface area contributed by atoms with Crippen molar-refractivity contribution in [3.05, 3.63) is 31.1 Å². The van der Waals surface area contributed by atoms with Crippen molar-refractivity contribution < 1.29 is 0 Å². The SMILES string of the molecule is c1cn(CCn2ccnc2NC2CCCC2)cn1. The third kappa shape index (κ3) is 2.55. The van der Waals surface area contributed by atoms with Crippen LogP contribution >= 0.6 is 0 Å². The molecule has 5 nitrogen and oxygen atoms in total. The lowest BCUT2D eigenvalue weighted by Crippen LogP contribution is -2.19. The molecule has 0 aromatic carbocycles. The maximum atomic E-state index is 4.41. The molecular formula is C13H19N5. The maximum absolute atomic E-state index is 4.41. The molecular weight excluding hydrogens is 226 g/mol. The number of aryl methyl sites for hydroxylation is 2. The van der Waals surface area contributed by atoms with Gasteiger partial charge in [0, 0.05) is 43.9 Å². The summed E-state index contributed by atoms with van der Waals surface area (Å²) in [6, 6.07) is 0.611. The lowest BCUT2D eigenvalue weighted by Gasteiger charge is -2.14. The van der Waals surface area contributed by atoms with Gasteiger partial charge in [-0.15, -0.1) is 0 Å². The predicted molar refractivity (Wildman–Crippen MR) is 70.3 cm³/mol. The lowest BCUT2D eigenvalue weighted by molar-refractivity contribution is 0.577. The van der Waals surface area contributed by atoms with Gasteiger partial charge in [-0.2, -0.15) is 0 Å². The van der Waals surface area contributed by atoms with E-state index >= 15 is 0 Å². The number of hydrogen-bond acceptors (Lipinski definition) is 3. The van der Waals surface area contributed by atoms with Crippen LogP contribution in [0.1, 0.15) is 25.7 Å². The van der Waals surface area contributed by atoms with Gasteiger partial charge in [0.25, 0.3) is 0 Å². The second-order valence-corrected chi connectivity index (χ2v) is 4.87. The van der Waals surface area contributed by atoms with Gasteiger partial charge in [-0.25, -0.2) is 9.97 Å². The Labute approximate surface area is 107 Å². The third-order valence-corrected chi connectivity index (χ3v) is 3.56. The summed E-state index contributed by atoms with van der Waals surface area (Å²) in [5.41, 5.74) is 0. The Bertz CT molecular complexity index is 467. The van der Waals surface area contributed by atoms with Gasteiger partial charge in [0.2, 0.25) is 5.95 Å². The smallest absolute Gasteiger partial charge is 0.203 e. The van der Waals surface area contributed by atoms with Gasteiger partial charge >= 0.3 is 0 Å². The zero-order valence-electron chi connectivity index (χ0n) is 10.5. The van der Waals surface area contributed by atoms with Crippen molar-refractivity contribution in [2.75, 3.05) is 5.32 Å². The number of imidazole rings is 2. The molecule has 18 heavy (non-hydrogen) atoms. The summed E-state index contributed by atoms with van der Waals surface area (Å²) in [6.45, 7) is 1.85. The first-order chi connectivity index (χ1) is 8.92. The van der Waals surface area contributed by atoms with Gasteiger partial charge in [0.1, 0.15) is 0 Å². The molecule has 0 atom stereocenters. The van der Waals surface area contributed by atoms with Crippen molar-refractivity contribution in [3.63, 3.8) is 0 Å². The normalized spacial score (nSPS) is 16.2. The van der Waals surface area contributed by atoms with E-state index < -0.39 is 0 Å². The standard InChI is InChI=1S/C13H19N5/c1-2-4-12(3-1)16-13-15-6-8-18(13)10-9-17-7-5-14-11-17/h5-8,11-12H,1-4,9-10H2,(H,15,16). The van der Waals surface area contributed by atoms with E-state index in [9.17, 15) is 0 Å². The fourth-order valence-corrected chi connectivity index (χ4v) is 2.52. The fraction of sp³-hybridized carbons (Fsp3) is 0.538. The number of aromatic nitrogens is 4. The van der Waals surface area contributed by atoms with Crippen LogP contribution in [0.2, 0.25) is 0 Å². The highest BCUT2D eigenvalue weighted by molar-refractivity contribution is 5.27. The molecule has 2 heterocycles. The number of nitrogens with zero attached hydrogens (tertiary/aromatic N) is 4. The summed E-state index contributed by atoms with van der Waals surface area (Å²) in [6.07, 6.45) is 14.8. The molecule has 1 aliphatic rings. The average Bonchev–Trinajstić information content (AvgIpc) is 3.10. The first-order valence-corrected chi connectivity index (χ1v) is 6.65. The minimum absolute atomic E-state index is 0.611. The summed E-state index contributed by atoms with van der Waals surface area (Å²) >= 11 is 0.